The third kappa shape index (κ3) is 8.21. The Bertz CT molecular complexity index is 1290. The Morgan fingerprint density at radius 1 is 0.925 bits per heavy atom. The first-order chi connectivity index (χ1) is 18.6. The number of benzene rings is 2. The normalized spacial score (nSPS) is 14.2. The molecular formula is C26H39ClN6O6S. The molecule has 1 amide bonds. The molecule has 0 unspecified atom stereocenters. The summed E-state index contributed by atoms with van der Waals surface area (Å²) in [6.07, 6.45) is 0.633. The number of halogens is 1. The number of sulfonamides is 1. The van der Waals surface area contributed by atoms with E-state index in [-0.39, 0.29) is 35.4 Å². The Hall–Kier alpha value is -3.10. The average molecular weight is 599 g/mol. The summed E-state index contributed by atoms with van der Waals surface area (Å²) in [6.45, 7) is 6.24. The molecule has 1 heterocycles. The van der Waals surface area contributed by atoms with Crippen molar-refractivity contribution in [2.45, 2.75) is 31.3 Å². The summed E-state index contributed by atoms with van der Waals surface area (Å²) in [5.74, 6) is 0.717. The molecular weight excluding hydrogens is 560 g/mol. The first-order valence-electron chi connectivity index (χ1n) is 12.6. The van der Waals surface area contributed by atoms with Crippen LogP contribution in [0.3, 0.4) is 0 Å². The third-order valence-electron chi connectivity index (χ3n) is 6.41. The van der Waals surface area contributed by atoms with Crippen LogP contribution in [0.1, 0.15) is 34.8 Å². The first kappa shape index (κ1) is 33.1. The molecule has 40 heavy (non-hydrogen) atoms. The van der Waals surface area contributed by atoms with E-state index >= 15 is 0 Å². The lowest BCUT2D eigenvalue weighted by molar-refractivity contribution is 0.100. The highest BCUT2D eigenvalue weighted by Crippen LogP contribution is 2.40. The van der Waals surface area contributed by atoms with Crippen molar-refractivity contribution in [1.29, 1.82) is 0 Å². The van der Waals surface area contributed by atoms with Crippen LogP contribution < -0.4 is 30.4 Å². The molecule has 0 spiro atoms. The Morgan fingerprint density at radius 2 is 1.50 bits per heavy atom. The van der Waals surface area contributed by atoms with Gasteiger partial charge in [0.2, 0.25) is 15.8 Å². The summed E-state index contributed by atoms with van der Waals surface area (Å²) in [5.41, 5.74) is 12.3. The van der Waals surface area contributed by atoms with Crippen molar-refractivity contribution in [2.24, 2.45) is 16.5 Å². The van der Waals surface area contributed by atoms with Gasteiger partial charge < -0.3 is 25.7 Å². The number of piperazine rings is 1. The number of aliphatic imine (C=N–C) groups is 1. The lowest BCUT2D eigenvalue weighted by Gasteiger charge is -2.35. The molecule has 1 fully saturated rings. The van der Waals surface area contributed by atoms with Crippen molar-refractivity contribution in [1.82, 2.24) is 14.5 Å². The first-order valence-corrected chi connectivity index (χ1v) is 14.1. The fourth-order valence-corrected chi connectivity index (χ4v) is 5.83. The van der Waals surface area contributed by atoms with Crippen LogP contribution in [0.5, 0.6) is 17.2 Å². The van der Waals surface area contributed by atoms with Crippen molar-refractivity contribution in [3.8, 4) is 17.2 Å². The van der Waals surface area contributed by atoms with Crippen LogP contribution in [0.4, 0.5) is 0 Å². The number of nitrogens with one attached hydrogen (secondary N) is 1. The summed E-state index contributed by atoms with van der Waals surface area (Å²) in [7, 11) is 0.928. The number of methoxy groups -OCH3 is 3. The number of hydrogen-bond donors (Lipinski definition) is 3. The van der Waals surface area contributed by atoms with Gasteiger partial charge in [0.25, 0.3) is 5.91 Å². The van der Waals surface area contributed by atoms with Gasteiger partial charge in [-0.05, 0) is 30.2 Å². The summed E-state index contributed by atoms with van der Waals surface area (Å²) in [5, 5.41) is 0. The van der Waals surface area contributed by atoms with Crippen molar-refractivity contribution >= 4 is 34.3 Å². The average Bonchev–Trinajstić information content (AvgIpc) is 2.92. The summed E-state index contributed by atoms with van der Waals surface area (Å²) in [6, 6.07) is 8.36. The van der Waals surface area contributed by atoms with E-state index in [1.807, 2.05) is 19.1 Å². The van der Waals surface area contributed by atoms with E-state index in [1.165, 1.54) is 6.07 Å². The molecule has 1 aliphatic heterocycles. The fourth-order valence-electron chi connectivity index (χ4n) is 4.44. The molecule has 14 heteroatoms. The van der Waals surface area contributed by atoms with E-state index in [4.69, 9.17) is 25.7 Å². The molecule has 222 valence electrons. The molecule has 5 N–H and O–H groups in total. The van der Waals surface area contributed by atoms with Crippen LogP contribution in [-0.4, -0.2) is 84.1 Å². The molecule has 1 aliphatic rings. The second-order valence-corrected chi connectivity index (χ2v) is 10.8. The maximum Gasteiger partial charge on any atom is 0.280 e. The highest BCUT2D eigenvalue weighted by Gasteiger charge is 2.25. The number of guanidine groups is 1. The van der Waals surface area contributed by atoms with E-state index in [0.29, 0.717) is 42.3 Å². The van der Waals surface area contributed by atoms with E-state index in [2.05, 4.69) is 19.5 Å². The lowest BCUT2D eigenvalue weighted by Crippen LogP contribution is -2.45. The maximum absolute atomic E-state index is 13.1. The van der Waals surface area contributed by atoms with Crippen molar-refractivity contribution in [2.75, 3.05) is 54.1 Å². The smallest absolute Gasteiger partial charge is 0.280 e. The molecule has 1 saturated heterocycles. The van der Waals surface area contributed by atoms with Crippen LogP contribution in [-0.2, 0) is 23.1 Å². The summed E-state index contributed by atoms with van der Waals surface area (Å²) >= 11 is 0. The van der Waals surface area contributed by atoms with E-state index in [1.54, 1.807) is 33.5 Å². The summed E-state index contributed by atoms with van der Waals surface area (Å²) < 4.78 is 45.3. The van der Waals surface area contributed by atoms with Crippen LogP contribution in [0.15, 0.2) is 40.2 Å². The van der Waals surface area contributed by atoms with Gasteiger partial charge >= 0.3 is 0 Å². The van der Waals surface area contributed by atoms with Gasteiger partial charge in [0.05, 0.1) is 26.2 Å². The van der Waals surface area contributed by atoms with E-state index in [0.717, 1.165) is 31.7 Å². The molecule has 0 atom stereocenters. The standard InChI is InChI=1S/C26H38N6O6S.ClH/c1-5-10-29-39(34,35)22-15-18(25(33)30-26(27)28)6-7-19(22)16-31-11-13-32(14-12-31)17-20-8-9-21(36-2)24(38-4)23(20)37-3;/h6-9,15,29H,5,10-14,16-17H2,1-4H3,(H4,27,28,30,33);1H. The Balaban J connectivity index is 0.00000560. The zero-order valence-corrected chi connectivity index (χ0v) is 24.9. The van der Waals surface area contributed by atoms with Gasteiger partial charge in [-0.15, -0.1) is 12.4 Å². The monoisotopic (exact) mass is 598 g/mol. The van der Waals surface area contributed by atoms with Gasteiger partial charge in [-0.1, -0.05) is 19.1 Å². The topological polar surface area (TPSA) is 162 Å². The highest BCUT2D eigenvalue weighted by molar-refractivity contribution is 7.89. The molecule has 3 rings (SSSR count). The van der Waals surface area contributed by atoms with Gasteiger partial charge in [0, 0.05) is 56.9 Å². The molecule has 0 saturated carbocycles. The predicted molar refractivity (Wildman–Crippen MR) is 156 cm³/mol. The number of rotatable bonds is 12. The SMILES string of the molecule is CCCNS(=O)(=O)c1cc(C(=O)N=C(N)N)ccc1CN1CCN(Cc2ccc(OC)c(OC)c2OC)CC1.Cl. The number of nitrogens with two attached hydrogens (primary N) is 2. The van der Waals surface area contributed by atoms with Crippen molar-refractivity contribution < 1.29 is 27.4 Å². The number of amides is 1. The minimum atomic E-state index is -3.85. The van der Waals surface area contributed by atoms with Gasteiger partial charge in [-0.2, -0.15) is 4.99 Å². The minimum Gasteiger partial charge on any atom is -0.493 e. The molecule has 12 nitrogen and oxygen atoms in total. The van der Waals surface area contributed by atoms with Gasteiger partial charge in [-0.25, -0.2) is 13.1 Å². The second kappa shape index (κ2) is 15.1. The molecule has 2 aromatic carbocycles. The highest BCUT2D eigenvalue weighted by atomic mass is 35.5. The molecule has 2 aromatic rings. The zero-order chi connectivity index (χ0) is 28.6. The van der Waals surface area contributed by atoms with E-state index in [9.17, 15) is 13.2 Å². The molecule has 0 bridgehead atoms. The second-order valence-electron chi connectivity index (χ2n) is 9.11. The number of carbonyl (C=O) groups excluding carboxylic acids is 1. The van der Waals surface area contributed by atoms with Crippen molar-refractivity contribution in [3.05, 3.63) is 47.0 Å². The van der Waals surface area contributed by atoms with Crippen LogP contribution in [0.25, 0.3) is 0 Å². The van der Waals surface area contributed by atoms with Gasteiger partial charge in [0.15, 0.2) is 17.5 Å². The fraction of sp³-hybridized carbons (Fsp3) is 0.462. The number of nitrogens with zero attached hydrogens (tertiary/aromatic N) is 3. The number of ether oxygens (including phenoxy) is 3. The Morgan fingerprint density at radius 3 is 2.02 bits per heavy atom. The van der Waals surface area contributed by atoms with Crippen LogP contribution >= 0.6 is 12.4 Å². The van der Waals surface area contributed by atoms with Crippen LogP contribution in [0, 0.1) is 0 Å². The molecule has 0 radical (unpaired) electrons. The van der Waals surface area contributed by atoms with Gasteiger partial charge in [-0.3, -0.25) is 14.6 Å². The Kier molecular flexibility index (Phi) is 12.5. The van der Waals surface area contributed by atoms with E-state index < -0.39 is 15.9 Å². The Labute approximate surface area is 242 Å². The summed E-state index contributed by atoms with van der Waals surface area (Å²) in [4.78, 5) is 20.4. The van der Waals surface area contributed by atoms with Gasteiger partial charge in [0.1, 0.15) is 0 Å². The largest absolute Gasteiger partial charge is 0.493 e. The minimum absolute atomic E-state index is 0. The quantitative estimate of drug-likeness (QED) is 0.241. The van der Waals surface area contributed by atoms with Crippen molar-refractivity contribution in [3.63, 3.8) is 0 Å². The predicted octanol–water partition coefficient (Wildman–Crippen LogP) is 1.55. The number of carbonyl (C=O) groups is 1. The third-order valence-corrected chi connectivity index (χ3v) is 7.96. The zero-order valence-electron chi connectivity index (χ0n) is 23.3. The molecule has 0 aromatic heterocycles. The maximum atomic E-state index is 13.1. The number of hydrogen-bond acceptors (Lipinski definition) is 8. The lowest BCUT2D eigenvalue weighted by atomic mass is 10.1. The molecule has 0 aliphatic carbocycles. The van der Waals surface area contributed by atoms with Crippen LogP contribution in [0.2, 0.25) is 0 Å².